The van der Waals surface area contributed by atoms with Crippen LogP contribution in [0.25, 0.3) is 16.7 Å². The second-order valence-electron chi connectivity index (χ2n) is 8.92. The first-order valence-corrected chi connectivity index (χ1v) is 11.0. The van der Waals surface area contributed by atoms with Crippen LogP contribution in [0.4, 0.5) is 10.5 Å². The Balaban J connectivity index is 1.86. The van der Waals surface area contributed by atoms with E-state index < -0.39 is 12.0 Å². The van der Waals surface area contributed by atoms with E-state index in [2.05, 4.69) is 50.1 Å². The van der Waals surface area contributed by atoms with Gasteiger partial charge in [0.2, 0.25) is 0 Å². The van der Waals surface area contributed by atoms with Gasteiger partial charge in [0.15, 0.2) is 11.5 Å². The molecule has 2 aliphatic heterocycles. The van der Waals surface area contributed by atoms with Gasteiger partial charge in [0, 0.05) is 23.2 Å². The van der Waals surface area contributed by atoms with Gasteiger partial charge in [-0.15, -0.1) is 6.58 Å². The lowest BCUT2D eigenvalue weighted by atomic mass is 9.81. The number of allylic oxidation sites excluding steroid dienone is 1. The van der Waals surface area contributed by atoms with Crippen LogP contribution in [0.1, 0.15) is 44.4 Å². The fourth-order valence-electron chi connectivity index (χ4n) is 4.73. The Morgan fingerprint density at radius 2 is 2.03 bits per heavy atom. The van der Waals surface area contributed by atoms with E-state index in [0.717, 1.165) is 28.0 Å². The number of ether oxygens (including phenoxy) is 3. The highest BCUT2D eigenvalue weighted by Crippen LogP contribution is 2.54. The quantitative estimate of drug-likeness (QED) is 0.329. The summed E-state index contributed by atoms with van der Waals surface area (Å²) >= 11 is 0. The Morgan fingerprint density at radius 3 is 2.71 bits per heavy atom. The second-order valence-corrected chi connectivity index (χ2v) is 8.92. The van der Waals surface area contributed by atoms with Gasteiger partial charge >= 0.3 is 12.0 Å². The zero-order valence-corrected chi connectivity index (χ0v) is 19.8. The molecule has 0 saturated heterocycles. The zero-order valence-electron chi connectivity index (χ0n) is 19.8. The Hall–Kier alpha value is -3.94. The molecule has 0 saturated carbocycles. The molecule has 2 aliphatic rings. The van der Waals surface area contributed by atoms with Crippen LogP contribution in [0.3, 0.4) is 0 Å². The highest BCUT2D eigenvalue weighted by atomic mass is 16.6. The number of amides is 2. The summed E-state index contributed by atoms with van der Waals surface area (Å²) in [5.74, 6) is 0.540. The zero-order chi connectivity index (χ0) is 24.6. The van der Waals surface area contributed by atoms with Crippen LogP contribution in [0, 0.1) is 0 Å². The van der Waals surface area contributed by atoms with Crippen LogP contribution >= 0.6 is 0 Å². The number of urea groups is 1. The second kappa shape index (κ2) is 8.78. The summed E-state index contributed by atoms with van der Waals surface area (Å²) in [6.45, 7) is 9.91. The van der Waals surface area contributed by atoms with Gasteiger partial charge in [-0.3, -0.25) is 0 Å². The SMILES string of the molecule is C=CCC1Oc2ccc(OC(=O)CNC(N)=O)c(OC)c2-c2ccc3c(c21)C(C)=CC(C)(C)N3. The molecule has 8 nitrogen and oxygen atoms in total. The van der Waals surface area contributed by atoms with E-state index in [1.165, 1.54) is 7.11 Å². The molecule has 2 amide bonds. The van der Waals surface area contributed by atoms with Gasteiger partial charge in [0.25, 0.3) is 0 Å². The predicted octanol–water partition coefficient (Wildman–Crippen LogP) is 4.55. The molecule has 0 aliphatic carbocycles. The first kappa shape index (κ1) is 23.2. The molecule has 2 heterocycles. The minimum Gasteiger partial charge on any atom is -0.492 e. The van der Waals surface area contributed by atoms with Gasteiger partial charge in [0.05, 0.1) is 18.2 Å². The van der Waals surface area contributed by atoms with E-state index in [1.807, 2.05) is 12.1 Å². The minimum atomic E-state index is -0.810. The average Bonchev–Trinajstić information content (AvgIpc) is 2.76. The van der Waals surface area contributed by atoms with Crippen molar-refractivity contribution in [1.82, 2.24) is 5.32 Å². The lowest BCUT2D eigenvalue weighted by Crippen LogP contribution is -2.35. The maximum Gasteiger partial charge on any atom is 0.331 e. The molecular formula is C26H29N3O5. The number of hydrogen-bond donors (Lipinski definition) is 3. The first-order valence-electron chi connectivity index (χ1n) is 11.0. The molecule has 8 heteroatoms. The molecule has 4 N–H and O–H groups in total. The molecule has 0 spiro atoms. The average molecular weight is 464 g/mol. The number of carbonyl (C=O) groups excluding carboxylic acids is 2. The number of nitrogens with two attached hydrogens (primary N) is 1. The maximum absolute atomic E-state index is 12.2. The van der Waals surface area contributed by atoms with Crippen LogP contribution in [-0.4, -0.2) is 31.2 Å². The largest absolute Gasteiger partial charge is 0.492 e. The normalized spacial score (nSPS) is 16.9. The Morgan fingerprint density at radius 1 is 1.26 bits per heavy atom. The Kier molecular flexibility index (Phi) is 6.00. The van der Waals surface area contributed by atoms with Gasteiger partial charge in [-0.1, -0.05) is 18.2 Å². The highest BCUT2D eigenvalue weighted by molar-refractivity contribution is 5.92. The van der Waals surface area contributed by atoms with E-state index in [1.54, 1.807) is 12.1 Å². The van der Waals surface area contributed by atoms with Crippen LogP contribution in [-0.2, 0) is 4.79 Å². The van der Waals surface area contributed by atoms with E-state index in [0.29, 0.717) is 23.5 Å². The van der Waals surface area contributed by atoms with E-state index in [4.69, 9.17) is 19.9 Å². The summed E-state index contributed by atoms with van der Waals surface area (Å²) < 4.78 is 17.6. The number of benzene rings is 2. The maximum atomic E-state index is 12.2. The standard InChI is InChI=1S/C26H29N3O5/c1-6-7-17-22-15(8-9-16-21(22)14(2)12-26(3,4)29-16)23-18(33-17)10-11-19(24(23)32-5)34-20(30)13-28-25(27)31/h6,8-12,17,29H,1,7,13H2,2-5H3,(H3,27,28,31). The van der Waals surface area contributed by atoms with Crippen LogP contribution in [0.15, 0.2) is 43.0 Å². The van der Waals surface area contributed by atoms with Crippen LogP contribution in [0.5, 0.6) is 17.2 Å². The third-order valence-electron chi connectivity index (χ3n) is 5.83. The monoisotopic (exact) mass is 463 g/mol. The van der Waals surface area contributed by atoms with Crippen molar-refractivity contribution < 1.29 is 23.8 Å². The van der Waals surface area contributed by atoms with Crippen molar-refractivity contribution in [1.29, 1.82) is 0 Å². The number of anilines is 1. The van der Waals surface area contributed by atoms with Crippen molar-refractivity contribution in [3.05, 3.63) is 54.1 Å². The van der Waals surface area contributed by atoms with E-state index >= 15 is 0 Å². The lowest BCUT2D eigenvalue weighted by molar-refractivity contribution is -0.133. The molecular weight excluding hydrogens is 434 g/mol. The molecule has 0 bridgehead atoms. The fraction of sp³-hybridized carbons (Fsp3) is 0.308. The smallest absolute Gasteiger partial charge is 0.331 e. The number of carbonyl (C=O) groups is 2. The first-order chi connectivity index (χ1) is 16.1. The third-order valence-corrected chi connectivity index (χ3v) is 5.83. The number of primary amides is 1. The molecule has 0 fully saturated rings. The molecule has 0 aromatic heterocycles. The minimum absolute atomic E-state index is 0.176. The van der Waals surface area contributed by atoms with Gasteiger partial charge < -0.3 is 30.6 Å². The summed E-state index contributed by atoms with van der Waals surface area (Å²) in [7, 11) is 1.51. The van der Waals surface area contributed by atoms with E-state index in [-0.39, 0.29) is 23.9 Å². The molecule has 2 aromatic carbocycles. The summed E-state index contributed by atoms with van der Waals surface area (Å²) in [5, 5.41) is 5.81. The molecule has 34 heavy (non-hydrogen) atoms. The number of nitrogens with one attached hydrogen (secondary N) is 2. The number of methoxy groups -OCH3 is 1. The summed E-state index contributed by atoms with van der Waals surface area (Å²) in [6.07, 6.45) is 4.44. The van der Waals surface area contributed by atoms with Crippen molar-refractivity contribution in [2.45, 2.75) is 38.8 Å². The summed E-state index contributed by atoms with van der Waals surface area (Å²) in [6, 6.07) is 6.65. The topological polar surface area (TPSA) is 112 Å². The van der Waals surface area contributed by atoms with Crippen molar-refractivity contribution in [3.63, 3.8) is 0 Å². The molecule has 2 aromatic rings. The number of esters is 1. The highest BCUT2D eigenvalue weighted by Gasteiger charge is 2.35. The van der Waals surface area contributed by atoms with Gasteiger partial charge in [0.1, 0.15) is 18.4 Å². The van der Waals surface area contributed by atoms with Crippen LogP contribution < -0.4 is 30.6 Å². The molecule has 0 radical (unpaired) electrons. The number of rotatable bonds is 6. The molecule has 1 atom stereocenters. The molecule has 178 valence electrons. The summed E-state index contributed by atoms with van der Waals surface area (Å²) in [5.41, 5.74) is 10.8. The lowest BCUT2D eigenvalue weighted by Gasteiger charge is -2.37. The fourth-order valence-corrected chi connectivity index (χ4v) is 4.73. The van der Waals surface area contributed by atoms with Crippen molar-refractivity contribution in [2.75, 3.05) is 19.0 Å². The van der Waals surface area contributed by atoms with Gasteiger partial charge in [-0.2, -0.15) is 0 Å². The predicted molar refractivity (Wildman–Crippen MR) is 131 cm³/mol. The number of hydrogen-bond acceptors (Lipinski definition) is 6. The molecule has 1 unspecified atom stereocenters. The summed E-state index contributed by atoms with van der Waals surface area (Å²) in [4.78, 5) is 23.1. The van der Waals surface area contributed by atoms with Gasteiger partial charge in [-0.05, 0) is 50.1 Å². The van der Waals surface area contributed by atoms with E-state index in [9.17, 15) is 9.59 Å². The van der Waals surface area contributed by atoms with Crippen LogP contribution in [0.2, 0.25) is 0 Å². The Bertz CT molecular complexity index is 1220. The van der Waals surface area contributed by atoms with Gasteiger partial charge in [-0.25, -0.2) is 9.59 Å². The van der Waals surface area contributed by atoms with Crippen molar-refractivity contribution in [3.8, 4) is 28.4 Å². The molecule has 4 rings (SSSR count). The third kappa shape index (κ3) is 4.19. The van der Waals surface area contributed by atoms with Crippen molar-refractivity contribution >= 4 is 23.3 Å². The van der Waals surface area contributed by atoms with Crippen molar-refractivity contribution in [2.24, 2.45) is 5.73 Å². The Labute approximate surface area is 198 Å². The number of fused-ring (bicyclic) bond motifs is 5.